The van der Waals surface area contributed by atoms with Crippen molar-refractivity contribution in [2.45, 2.75) is 26.8 Å². The minimum absolute atomic E-state index is 0.0206. The molecule has 3 aromatic rings. The van der Waals surface area contributed by atoms with Gasteiger partial charge in [0.05, 0.1) is 25.3 Å². The van der Waals surface area contributed by atoms with Crippen molar-refractivity contribution >= 4 is 23.1 Å². The fourth-order valence-corrected chi connectivity index (χ4v) is 4.07. The Hall–Kier alpha value is -4.13. The third-order valence-corrected chi connectivity index (χ3v) is 5.84. The summed E-state index contributed by atoms with van der Waals surface area (Å²) in [5, 5.41) is 11.3. The smallest absolute Gasteiger partial charge is 0.300 e. The quantitative estimate of drug-likeness (QED) is 0.294. The maximum atomic E-state index is 13.3. The van der Waals surface area contributed by atoms with Gasteiger partial charge in [-0.15, -0.1) is 0 Å². The number of aromatic nitrogens is 1. The summed E-state index contributed by atoms with van der Waals surface area (Å²) in [6.07, 6.45) is 3.18. The lowest BCUT2D eigenvalue weighted by Crippen LogP contribution is -2.29. The molecule has 0 spiro atoms. The number of carbonyl (C=O) groups excluding carboxylic acids is 2. The van der Waals surface area contributed by atoms with Crippen LogP contribution in [0.3, 0.4) is 0 Å². The first-order valence-corrected chi connectivity index (χ1v) is 11.4. The molecule has 1 atom stereocenters. The summed E-state index contributed by atoms with van der Waals surface area (Å²) >= 11 is 0. The second-order valence-electron chi connectivity index (χ2n) is 8.83. The largest absolute Gasteiger partial charge is 0.507 e. The average Bonchev–Trinajstić information content (AvgIpc) is 3.13. The number of rotatable bonds is 7. The second-order valence-corrected chi connectivity index (χ2v) is 8.83. The Morgan fingerprint density at radius 3 is 2.34 bits per heavy atom. The number of amides is 1. The first-order chi connectivity index (χ1) is 16.8. The van der Waals surface area contributed by atoms with Crippen molar-refractivity contribution in [2.24, 2.45) is 5.92 Å². The Morgan fingerprint density at radius 2 is 1.74 bits per heavy atom. The molecular formula is C28H28N2O5. The van der Waals surface area contributed by atoms with Crippen molar-refractivity contribution in [1.82, 2.24) is 4.98 Å². The van der Waals surface area contributed by atoms with Crippen LogP contribution in [0.25, 0.3) is 5.76 Å². The van der Waals surface area contributed by atoms with E-state index in [1.165, 1.54) is 4.90 Å². The Kier molecular flexibility index (Phi) is 6.87. The number of aliphatic hydroxyl groups excluding tert-OH is 1. The van der Waals surface area contributed by atoms with E-state index in [0.29, 0.717) is 40.8 Å². The Bertz CT molecular complexity index is 1270. The van der Waals surface area contributed by atoms with Crippen molar-refractivity contribution in [1.29, 1.82) is 0 Å². The zero-order chi connectivity index (χ0) is 25.1. The fraction of sp³-hybridized carbons (Fsp3) is 0.250. The van der Waals surface area contributed by atoms with Crippen LogP contribution in [0.15, 0.2) is 72.6 Å². The topological polar surface area (TPSA) is 89.0 Å². The number of anilines is 1. The number of carbonyl (C=O) groups is 2. The minimum Gasteiger partial charge on any atom is -0.507 e. The molecule has 1 aliphatic heterocycles. The van der Waals surface area contributed by atoms with Gasteiger partial charge in [-0.25, -0.2) is 0 Å². The number of ketones is 1. The zero-order valence-corrected chi connectivity index (χ0v) is 20.2. The van der Waals surface area contributed by atoms with Gasteiger partial charge in [0, 0.05) is 23.6 Å². The zero-order valence-electron chi connectivity index (χ0n) is 20.2. The molecule has 0 aliphatic carbocycles. The number of hydrogen-bond donors (Lipinski definition) is 1. The van der Waals surface area contributed by atoms with Crippen LogP contribution in [0, 0.1) is 12.8 Å². The first-order valence-electron chi connectivity index (χ1n) is 11.4. The predicted molar refractivity (Wildman–Crippen MR) is 134 cm³/mol. The van der Waals surface area contributed by atoms with Gasteiger partial charge >= 0.3 is 0 Å². The normalized spacial score (nSPS) is 17.2. The van der Waals surface area contributed by atoms with Gasteiger partial charge in [0.15, 0.2) is 0 Å². The van der Waals surface area contributed by atoms with Crippen LogP contribution >= 0.6 is 0 Å². The van der Waals surface area contributed by atoms with E-state index in [0.717, 1.165) is 5.56 Å². The van der Waals surface area contributed by atoms with Gasteiger partial charge in [-0.2, -0.15) is 0 Å². The number of benzene rings is 2. The Balaban J connectivity index is 1.82. The predicted octanol–water partition coefficient (Wildman–Crippen LogP) is 5.06. The number of ether oxygens (including phenoxy) is 2. The molecule has 35 heavy (non-hydrogen) atoms. The third-order valence-electron chi connectivity index (χ3n) is 5.84. The van der Waals surface area contributed by atoms with Gasteiger partial charge in [-0.3, -0.25) is 19.5 Å². The standard InChI is InChI=1S/C28H28N2O5/c1-17(2)16-35-23-10-5-20(15-18(23)3)26(31)24-25(19-11-13-29-14-12-19)30(28(33)27(24)32)21-6-8-22(34-4)9-7-21/h5-15,17,25,31H,16H2,1-4H3/b26-24-. The number of Topliss-reactive ketones (excluding diaryl/α,β-unsaturated/α-hetero) is 1. The number of pyridine rings is 1. The highest BCUT2D eigenvalue weighted by atomic mass is 16.5. The maximum absolute atomic E-state index is 13.3. The summed E-state index contributed by atoms with van der Waals surface area (Å²) in [7, 11) is 1.55. The SMILES string of the molecule is COc1ccc(N2C(=O)C(=O)/C(=C(\O)c3ccc(OCC(C)C)c(C)c3)C2c2ccncc2)cc1. The molecule has 1 saturated heterocycles. The molecule has 0 radical (unpaired) electrons. The van der Waals surface area contributed by atoms with Gasteiger partial charge in [-0.05, 0) is 78.6 Å². The Morgan fingerprint density at radius 1 is 1.06 bits per heavy atom. The summed E-state index contributed by atoms with van der Waals surface area (Å²) in [6.45, 7) is 6.58. The molecule has 1 aromatic heterocycles. The van der Waals surface area contributed by atoms with E-state index in [4.69, 9.17) is 9.47 Å². The second kappa shape index (κ2) is 10.0. The summed E-state index contributed by atoms with van der Waals surface area (Å²) in [4.78, 5) is 31.9. The van der Waals surface area contributed by atoms with Crippen LogP contribution in [0.2, 0.25) is 0 Å². The molecule has 0 saturated carbocycles. The number of hydrogen-bond acceptors (Lipinski definition) is 6. The van der Waals surface area contributed by atoms with Crippen molar-refractivity contribution in [2.75, 3.05) is 18.6 Å². The van der Waals surface area contributed by atoms with Gasteiger partial charge in [0.1, 0.15) is 17.3 Å². The van der Waals surface area contributed by atoms with E-state index in [1.807, 2.05) is 6.92 Å². The lowest BCUT2D eigenvalue weighted by molar-refractivity contribution is -0.132. The molecule has 1 amide bonds. The third kappa shape index (κ3) is 4.75. The van der Waals surface area contributed by atoms with E-state index in [2.05, 4.69) is 18.8 Å². The number of aliphatic hydroxyl groups is 1. The van der Waals surface area contributed by atoms with Crippen LogP contribution in [0.4, 0.5) is 5.69 Å². The van der Waals surface area contributed by atoms with Gasteiger partial charge < -0.3 is 14.6 Å². The number of aryl methyl sites for hydroxylation is 1. The fourth-order valence-electron chi connectivity index (χ4n) is 4.07. The highest BCUT2D eigenvalue weighted by Gasteiger charge is 2.47. The van der Waals surface area contributed by atoms with Crippen LogP contribution in [0.5, 0.6) is 11.5 Å². The van der Waals surface area contributed by atoms with Crippen LogP contribution < -0.4 is 14.4 Å². The van der Waals surface area contributed by atoms with E-state index >= 15 is 0 Å². The summed E-state index contributed by atoms with van der Waals surface area (Å²) < 4.78 is 11.1. The lowest BCUT2D eigenvalue weighted by atomic mass is 9.95. The number of nitrogens with zero attached hydrogens (tertiary/aromatic N) is 2. The molecule has 7 nitrogen and oxygen atoms in total. The molecule has 180 valence electrons. The molecule has 0 bridgehead atoms. The van der Waals surface area contributed by atoms with Crippen LogP contribution in [-0.4, -0.2) is 35.5 Å². The minimum atomic E-state index is -0.816. The summed E-state index contributed by atoms with van der Waals surface area (Å²) in [6, 6.07) is 14.7. The highest BCUT2D eigenvalue weighted by molar-refractivity contribution is 6.51. The molecule has 4 rings (SSSR count). The average molecular weight is 473 g/mol. The highest BCUT2D eigenvalue weighted by Crippen LogP contribution is 2.42. The molecule has 1 unspecified atom stereocenters. The molecule has 1 N–H and O–H groups in total. The van der Waals surface area contributed by atoms with Crippen molar-refractivity contribution in [3.63, 3.8) is 0 Å². The lowest BCUT2D eigenvalue weighted by Gasteiger charge is -2.25. The van der Waals surface area contributed by atoms with Crippen molar-refractivity contribution in [3.8, 4) is 11.5 Å². The summed E-state index contributed by atoms with van der Waals surface area (Å²) in [5.74, 6) is 0.00202. The van der Waals surface area contributed by atoms with E-state index in [9.17, 15) is 14.7 Å². The molecule has 2 heterocycles. The molecule has 7 heteroatoms. The van der Waals surface area contributed by atoms with Crippen molar-refractivity contribution in [3.05, 3.63) is 89.3 Å². The maximum Gasteiger partial charge on any atom is 0.300 e. The van der Waals surface area contributed by atoms with Crippen LogP contribution in [-0.2, 0) is 9.59 Å². The molecule has 1 fully saturated rings. The number of methoxy groups -OCH3 is 1. The summed E-state index contributed by atoms with van der Waals surface area (Å²) in [5.41, 5.74) is 2.45. The first kappa shape index (κ1) is 24.0. The molecule has 2 aromatic carbocycles. The molecule has 1 aliphatic rings. The van der Waals surface area contributed by atoms with Gasteiger partial charge in [0.2, 0.25) is 0 Å². The van der Waals surface area contributed by atoms with Crippen molar-refractivity contribution < 1.29 is 24.2 Å². The van der Waals surface area contributed by atoms with Crippen LogP contribution in [0.1, 0.15) is 36.6 Å². The Labute approximate surface area is 204 Å². The monoisotopic (exact) mass is 472 g/mol. The van der Waals surface area contributed by atoms with E-state index in [1.54, 1.807) is 74.1 Å². The molecular weight excluding hydrogens is 444 g/mol. The van der Waals surface area contributed by atoms with E-state index < -0.39 is 17.7 Å². The van der Waals surface area contributed by atoms with E-state index in [-0.39, 0.29) is 11.3 Å². The van der Waals surface area contributed by atoms with Gasteiger partial charge in [-0.1, -0.05) is 13.8 Å². The van der Waals surface area contributed by atoms with Gasteiger partial charge in [0.25, 0.3) is 11.7 Å².